The molecule has 1 fully saturated rings. The first-order valence-corrected chi connectivity index (χ1v) is 11.1. The molecule has 0 radical (unpaired) electrons. The predicted octanol–water partition coefficient (Wildman–Crippen LogP) is 4.31. The Bertz CT molecular complexity index is 1210. The van der Waals surface area contributed by atoms with E-state index in [-0.39, 0.29) is 0 Å². The summed E-state index contributed by atoms with van der Waals surface area (Å²) in [6, 6.07) is 13.3. The summed E-state index contributed by atoms with van der Waals surface area (Å²) in [5, 5.41) is 0.629. The molecule has 8 nitrogen and oxygen atoms in total. The number of hydrogen-bond acceptors (Lipinski definition) is 8. The number of carbonyl (C=O) groups excluding carboxylic acids is 1. The summed E-state index contributed by atoms with van der Waals surface area (Å²) in [5.74, 6) is 2.44. The third kappa shape index (κ3) is 4.34. The second-order valence-corrected chi connectivity index (χ2v) is 8.05. The number of anilines is 1. The van der Waals surface area contributed by atoms with Crippen LogP contribution >= 0.6 is 11.6 Å². The molecule has 2 aromatic carbocycles. The standard InChI is InChI=1S/C24H22ClN5O3/c1-2-32-23(31)16-14-26-24(27-15-16)30-11-9-29(10-12-30)22-18-13-17(25)7-8-20(18)33-21-6-4-3-5-19(21)28-22/h3-8,13-15H,2,9-12H2,1H3. The molecule has 0 amide bonds. The van der Waals surface area contributed by atoms with Crippen molar-refractivity contribution in [3.05, 3.63) is 71.0 Å². The van der Waals surface area contributed by atoms with Crippen LogP contribution in [0.3, 0.4) is 0 Å². The van der Waals surface area contributed by atoms with Crippen LogP contribution in [-0.4, -0.2) is 59.5 Å². The zero-order chi connectivity index (χ0) is 22.8. The molecular formula is C24H22ClN5O3. The van der Waals surface area contributed by atoms with E-state index in [4.69, 9.17) is 26.1 Å². The highest BCUT2D eigenvalue weighted by Gasteiger charge is 2.27. The summed E-state index contributed by atoms with van der Waals surface area (Å²) in [6.07, 6.45) is 3.02. The average molecular weight is 464 g/mol. The first kappa shape index (κ1) is 21.2. The second-order valence-electron chi connectivity index (χ2n) is 7.61. The number of benzene rings is 2. The maximum Gasteiger partial charge on any atom is 0.341 e. The molecule has 0 atom stereocenters. The lowest BCUT2D eigenvalue weighted by Crippen LogP contribution is -2.49. The van der Waals surface area contributed by atoms with Crippen LogP contribution in [0.4, 0.5) is 11.6 Å². The fraction of sp³-hybridized carbons (Fsp3) is 0.250. The second kappa shape index (κ2) is 9.07. The molecule has 1 aromatic heterocycles. The number of nitrogens with zero attached hydrogens (tertiary/aromatic N) is 5. The Morgan fingerprint density at radius 3 is 2.52 bits per heavy atom. The van der Waals surface area contributed by atoms with Crippen molar-refractivity contribution < 1.29 is 14.3 Å². The van der Waals surface area contributed by atoms with Gasteiger partial charge in [0.1, 0.15) is 17.3 Å². The van der Waals surface area contributed by atoms with Gasteiger partial charge in [-0.25, -0.2) is 19.8 Å². The number of para-hydroxylation sites is 2. The van der Waals surface area contributed by atoms with Crippen molar-refractivity contribution in [3.8, 4) is 11.5 Å². The van der Waals surface area contributed by atoms with Gasteiger partial charge in [-0.2, -0.15) is 0 Å². The van der Waals surface area contributed by atoms with Gasteiger partial charge in [-0.3, -0.25) is 0 Å². The average Bonchev–Trinajstić information content (AvgIpc) is 3.01. The summed E-state index contributed by atoms with van der Waals surface area (Å²) in [5.41, 5.74) is 1.99. The lowest BCUT2D eigenvalue weighted by atomic mass is 10.1. The zero-order valence-electron chi connectivity index (χ0n) is 18.1. The third-order valence-corrected chi connectivity index (χ3v) is 5.74. The Kier molecular flexibility index (Phi) is 5.83. The number of ether oxygens (including phenoxy) is 2. The summed E-state index contributed by atoms with van der Waals surface area (Å²) in [7, 11) is 0. The summed E-state index contributed by atoms with van der Waals surface area (Å²) in [6.45, 7) is 4.93. The predicted molar refractivity (Wildman–Crippen MR) is 126 cm³/mol. The van der Waals surface area contributed by atoms with E-state index in [1.165, 1.54) is 12.4 Å². The van der Waals surface area contributed by atoms with Crippen LogP contribution < -0.4 is 9.64 Å². The van der Waals surface area contributed by atoms with Gasteiger partial charge in [-0.1, -0.05) is 23.7 Å². The van der Waals surface area contributed by atoms with E-state index in [9.17, 15) is 4.79 Å². The molecule has 0 bridgehead atoms. The highest BCUT2D eigenvalue weighted by atomic mass is 35.5. The minimum absolute atomic E-state index is 0.316. The summed E-state index contributed by atoms with van der Waals surface area (Å²) >= 11 is 6.32. The van der Waals surface area contributed by atoms with Crippen molar-refractivity contribution in [2.24, 2.45) is 4.99 Å². The molecule has 3 aromatic rings. The lowest BCUT2D eigenvalue weighted by molar-refractivity contribution is 0.0525. The minimum atomic E-state index is -0.417. The molecule has 0 aliphatic carbocycles. The number of carbonyl (C=O) groups is 1. The van der Waals surface area contributed by atoms with E-state index in [1.807, 2.05) is 42.5 Å². The number of rotatable bonds is 3. The van der Waals surface area contributed by atoms with Gasteiger partial charge in [0.05, 0.1) is 17.7 Å². The number of hydrogen-bond donors (Lipinski definition) is 0. The molecule has 2 aliphatic rings. The first-order valence-electron chi connectivity index (χ1n) is 10.8. The Hall–Kier alpha value is -3.65. The van der Waals surface area contributed by atoms with E-state index >= 15 is 0 Å². The van der Waals surface area contributed by atoms with E-state index < -0.39 is 5.97 Å². The molecule has 3 heterocycles. The molecule has 9 heteroatoms. The Labute approximate surface area is 196 Å². The Morgan fingerprint density at radius 2 is 1.76 bits per heavy atom. The smallest absolute Gasteiger partial charge is 0.341 e. The molecule has 0 saturated carbocycles. The van der Waals surface area contributed by atoms with Gasteiger partial charge in [0.25, 0.3) is 0 Å². The summed E-state index contributed by atoms with van der Waals surface area (Å²) < 4.78 is 11.1. The van der Waals surface area contributed by atoms with Crippen molar-refractivity contribution in [2.75, 3.05) is 37.7 Å². The van der Waals surface area contributed by atoms with Crippen LogP contribution in [0.25, 0.3) is 0 Å². The van der Waals surface area contributed by atoms with Crippen molar-refractivity contribution in [1.29, 1.82) is 0 Å². The van der Waals surface area contributed by atoms with Gasteiger partial charge >= 0.3 is 5.97 Å². The van der Waals surface area contributed by atoms with Gasteiger partial charge in [0.2, 0.25) is 5.95 Å². The van der Waals surface area contributed by atoms with E-state index in [2.05, 4.69) is 19.8 Å². The van der Waals surface area contributed by atoms with Crippen LogP contribution in [0.1, 0.15) is 22.8 Å². The molecule has 168 valence electrons. The van der Waals surface area contributed by atoms with Crippen molar-refractivity contribution in [1.82, 2.24) is 14.9 Å². The van der Waals surface area contributed by atoms with Gasteiger partial charge in [-0.05, 0) is 37.3 Å². The van der Waals surface area contributed by atoms with Crippen LogP contribution in [0.15, 0.2) is 59.9 Å². The number of amidine groups is 1. The topological polar surface area (TPSA) is 80.2 Å². The molecule has 0 N–H and O–H groups in total. The molecule has 2 aliphatic heterocycles. The SMILES string of the molecule is CCOC(=O)c1cnc(N2CCN(C3=Nc4ccccc4Oc4ccc(Cl)cc43)CC2)nc1. The molecule has 33 heavy (non-hydrogen) atoms. The number of esters is 1. The molecule has 1 saturated heterocycles. The largest absolute Gasteiger partial charge is 0.462 e. The fourth-order valence-corrected chi connectivity index (χ4v) is 4.03. The van der Waals surface area contributed by atoms with Gasteiger partial charge < -0.3 is 19.3 Å². The van der Waals surface area contributed by atoms with Crippen LogP contribution in [0.2, 0.25) is 5.02 Å². The van der Waals surface area contributed by atoms with Gasteiger partial charge in [0, 0.05) is 43.6 Å². The van der Waals surface area contributed by atoms with E-state index in [1.54, 1.807) is 6.92 Å². The normalized spacial score (nSPS) is 15.0. The highest BCUT2D eigenvalue weighted by Crippen LogP contribution is 2.39. The molecule has 0 spiro atoms. The molecule has 0 unspecified atom stereocenters. The fourth-order valence-electron chi connectivity index (χ4n) is 3.86. The maximum absolute atomic E-state index is 11.8. The third-order valence-electron chi connectivity index (χ3n) is 5.51. The van der Waals surface area contributed by atoms with Crippen molar-refractivity contribution in [3.63, 3.8) is 0 Å². The Balaban J connectivity index is 1.37. The molecule has 5 rings (SSSR count). The van der Waals surface area contributed by atoms with E-state index in [0.29, 0.717) is 42.0 Å². The van der Waals surface area contributed by atoms with Gasteiger partial charge in [0.15, 0.2) is 5.75 Å². The number of aromatic nitrogens is 2. The monoisotopic (exact) mass is 463 g/mol. The van der Waals surface area contributed by atoms with Crippen molar-refractivity contribution in [2.45, 2.75) is 6.92 Å². The first-order chi connectivity index (χ1) is 16.1. The lowest BCUT2D eigenvalue weighted by Gasteiger charge is -2.36. The number of fused-ring (bicyclic) bond motifs is 2. The molecular weight excluding hydrogens is 442 g/mol. The number of halogens is 1. The summed E-state index contributed by atoms with van der Waals surface area (Å²) in [4.78, 5) is 29.8. The number of piperazine rings is 1. The maximum atomic E-state index is 11.8. The number of aliphatic imine (C=N–C) groups is 1. The quantitative estimate of drug-likeness (QED) is 0.535. The van der Waals surface area contributed by atoms with Crippen LogP contribution in [0.5, 0.6) is 11.5 Å². The van der Waals surface area contributed by atoms with Crippen LogP contribution in [0, 0.1) is 0 Å². The Morgan fingerprint density at radius 1 is 1.03 bits per heavy atom. The minimum Gasteiger partial charge on any atom is -0.462 e. The van der Waals surface area contributed by atoms with Crippen LogP contribution in [-0.2, 0) is 4.74 Å². The van der Waals surface area contributed by atoms with E-state index in [0.717, 1.165) is 35.9 Å². The van der Waals surface area contributed by atoms with Crippen molar-refractivity contribution >= 4 is 35.0 Å². The highest BCUT2D eigenvalue weighted by molar-refractivity contribution is 6.31. The zero-order valence-corrected chi connectivity index (χ0v) is 18.8. The van der Waals surface area contributed by atoms with Gasteiger partial charge in [-0.15, -0.1) is 0 Å².